The van der Waals surface area contributed by atoms with E-state index in [0.29, 0.717) is 12.2 Å². The number of benzene rings is 1. The molecule has 0 saturated heterocycles. The Bertz CT molecular complexity index is 668. The van der Waals surface area contributed by atoms with Crippen LogP contribution in [0.5, 0.6) is 0 Å². The zero-order chi connectivity index (χ0) is 14.6. The maximum Gasteiger partial charge on any atom is 0.241 e. The summed E-state index contributed by atoms with van der Waals surface area (Å²) in [5.74, 6) is -0.0251. The molecule has 0 amide bonds. The lowest BCUT2D eigenvalue weighted by molar-refractivity contribution is 0.278. The van der Waals surface area contributed by atoms with Crippen LogP contribution in [0.1, 0.15) is 11.3 Å². The highest BCUT2D eigenvalue weighted by molar-refractivity contribution is 7.89. The van der Waals surface area contributed by atoms with Gasteiger partial charge >= 0.3 is 0 Å². The lowest BCUT2D eigenvalue weighted by Gasteiger charge is -2.10. The van der Waals surface area contributed by atoms with Gasteiger partial charge in [0.1, 0.15) is 11.6 Å². The van der Waals surface area contributed by atoms with Crippen molar-refractivity contribution in [3.8, 4) is 0 Å². The van der Waals surface area contributed by atoms with E-state index in [4.69, 9.17) is 9.52 Å². The summed E-state index contributed by atoms with van der Waals surface area (Å²) in [6, 6.07) is 6.68. The first-order valence-electron chi connectivity index (χ1n) is 5.94. The summed E-state index contributed by atoms with van der Waals surface area (Å²) in [5, 5.41) is 9.12. The molecule has 0 unspecified atom stereocenters. The van der Waals surface area contributed by atoms with Crippen LogP contribution in [-0.4, -0.2) is 20.1 Å². The van der Waals surface area contributed by atoms with Gasteiger partial charge in [0.25, 0.3) is 0 Å². The number of aliphatic hydroxyl groups is 1. The van der Waals surface area contributed by atoms with Gasteiger partial charge in [-0.1, -0.05) is 6.07 Å². The molecule has 0 spiro atoms. The normalized spacial score (nSPS) is 11.7. The average molecular weight is 299 g/mol. The smallest absolute Gasteiger partial charge is 0.241 e. The molecule has 7 heteroatoms. The number of furan rings is 1. The first kappa shape index (κ1) is 14.7. The maximum absolute atomic E-state index is 13.2. The van der Waals surface area contributed by atoms with Crippen LogP contribution in [0.2, 0.25) is 0 Å². The molecule has 20 heavy (non-hydrogen) atoms. The van der Waals surface area contributed by atoms with E-state index >= 15 is 0 Å². The number of nitrogens with one attached hydrogen (secondary N) is 1. The minimum absolute atomic E-state index is 0.122. The Balaban J connectivity index is 2.11. The van der Waals surface area contributed by atoms with Crippen LogP contribution in [0, 0.1) is 5.82 Å². The summed E-state index contributed by atoms with van der Waals surface area (Å²) in [6.45, 7) is -0.355. The molecule has 2 N–H and O–H groups in total. The number of rotatable bonds is 6. The van der Waals surface area contributed by atoms with Crippen molar-refractivity contribution in [2.24, 2.45) is 0 Å². The van der Waals surface area contributed by atoms with Gasteiger partial charge in [-0.3, -0.25) is 0 Å². The fraction of sp³-hybridized carbons (Fsp3) is 0.231. The number of sulfonamides is 1. The molecule has 1 heterocycles. The first-order chi connectivity index (χ1) is 9.53. The Labute approximate surface area is 116 Å². The SMILES string of the molecule is O=S(=O)(NCCc1ccco1)c1cc(F)ccc1CO. The van der Waals surface area contributed by atoms with Gasteiger partial charge in [0.2, 0.25) is 10.0 Å². The quantitative estimate of drug-likeness (QED) is 0.845. The molecule has 0 saturated carbocycles. The van der Waals surface area contributed by atoms with Crippen LogP contribution in [0.3, 0.4) is 0 Å². The van der Waals surface area contributed by atoms with Gasteiger partial charge in [0, 0.05) is 13.0 Å². The molecule has 1 aromatic carbocycles. The molecule has 108 valence electrons. The zero-order valence-electron chi connectivity index (χ0n) is 10.5. The van der Waals surface area contributed by atoms with Crippen molar-refractivity contribution in [1.29, 1.82) is 0 Å². The molecule has 0 aliphatic rings. The Hall–Kier alpha value is -1.70. The largest absolute Gasteiger partial charge is 0.469 e. The second-order valence-electron chi connectivity index (χ2n) is 4.14. The van der Waals surface area contributed by atoms with Gasteiger partial charge < -0.3 is 9.52 Å². The van der Waals surface area contributed by atoms with E-state index in [1.807, 2.05) is 0 Å². The summed E-state index contributed by atoms with van der Waals surface area (Å²) in [6.07, 6.45) is 1.89. The standard InChI is InChI=1S/C13H14FNO4S/c14-11-4-3-10(9-16)13(8-11)20(17,18)15-6-5-12-2-1-7-19-12/h1-4,7-8,15-16H,5-6,9H2. The minimum Gasteiger partial charge on any atom is -0.469 e. The van der Waals surface area contributed by atoms with E-state index < -0.39 is 22.4 Å². The van der Waals surface area contributed by atoms with Crippen molar-refractivity contribution in [3.63, 3.8) is 0 Å². The molecule has 2 rings (SSSR count). The molecule has 0 aliphatic heterocycles. The molecule has 1 aromatic heterocycles. The van der Waals surface area contributed by atoms with Crippen molar-refractivity contribution in [3.05, 3.63) is 53.7 Å². The summed E-state index contributed by atoms with van der Waals surface area (Å²) >= 11 is 0. The van der Waals surface area contributed by atoms with Crippen molar-refractivity contribution in [2.45, 2.75) is 17.9 Å². The minimum atomic E-state index is -3.87. The Morgan fingerprint density at radius 3 is 2.75 bits per heavy atom. The third kappa shape index (κ3) is 3.44. The second-order valence-corrected chi connectivity index (χ2v) is 5.87. The lowest BCUT2D eigenvalue weighted by atomic mass is 10.2. The van der Waals surface area contributed by atoms with Gasteiger partial charge in [0.15, 0.2) is 0 Å². The van der Waals surface area contributed by atoms with Gasteiger partial charge in [-0.25, -0.2) is 17.5 Å². The van der Waals surface area contributed by atoms with Crippen molar-refractivity contribution in [2.75, 3.05) is 6.54 Å². The highest BCUT2D eigenvalue weighted by Crippen LogP contribution is 2.17. The van der Waals surface area contributed by atoms with E-state index in [9.17, 15) is 12.8 Å². The highest BCUT2D eigenvalue weighted by Gasteiger charge is 2.18. The molecular weight excluding hydrogens is 285 g/mol. The fourth-order valence-electron chi connectivity index (χ4n) is 1.75. The molecule has 5 nitrogen and oxygen atoms in total. The lowest BCUT2D eigenvalue weighted by Crippen LogP contribution is -2.27. The fourth-order valence-corrected chi connectivity index (χ4v) is 3.02. The van der Waals surface area contributed by atoms with E-state index in [2.05, 4.69) is 4.72 Å². The van der Waals surface area contributed by atoms with Crippen LogP contribution in [0.15, 0.2) is 45.9 Å². The molecule has 0 fully saturated rings. The summed E-state index contributed by atoms with van der Waals surface area (Å²) in [5.41, 5.74) is 0.150. The zero-order valence-corrected chi connectivity index (χ0v) is 11.4. The van der Waals surface area contributed by atoms with Crippen LogP contribution < -0.4 is 4.72 Å². The first-order valence-corrected chi connectivity index (χ1v) is 7.42. The van der Waals surface area contributed by atoms with E-state index in [-0.39, 0.29) is 17.0 Å². The highest BCUT2D eigenvalue weighted by atomic mass is 32.2. The van der Waals surface area contributed by atoms with Gasteiger partial charge in [-0.05, 0) is 29.8 Å². The maximum atomic E-state index is 13.2. The van der Waals surface area contributed by atoms with Crippen molar-refractivity contribution in [1.82, 2.24) is 4.72 Å². The predicted octanol–water partition coefficient (Wildman–Crippen LogP) is 1.43. The number of hydrogen-bond donors (Lipinski definition) is 2. The predicted molar refractivity (Wildman–Crippen MR) is 69.9 cm³/mol. The van der Waals surface area contributed by atoms with Crippen molar-refractivity contribution < 1.29 is 22.3 Å². The second kappa shape index (κ2) is 6.17. The Morgan fingerprint density at radius 2 is 2.10 bits per heavy atom. The Kier molecular flexibility index (Phi) is 4.53. The third-order valence-corrected chi connectivity index (χ3v) is 4.28. The molecule has 0 aliphatic carbocycles. The number of aliphatic hydroxyl groups excluding tert-OH is 1. The average Bonchev–Trinajstić information content (AvgIpc) is 2.91. The molecule has 0 bridgehead atoms. The van der Waals surface area contributed by atoms with E-state index in [1.165, 1.54) is 12.3 Å². The Morgan fingerprint density at radius 1 is 1.30 bits per heavy atom. The van der Waals surface area contributed by atoms with Crippen LogP contribution in [0.4, 0.5) is 4.39 Å². The summed E-state index contributed by atoms with van der Waals surface area (Å²) in [7, 11) is -3.87. The molecular formula is C13H14FNO4S. The van der Waals surface area contributed by atoms with E-state index in [0.717, 1.165) is 12.1 Å². The van der Waals surface area contributed by atoms with Crippen LogP contribution in [-0.2, 0) is 23.1 Å². The molecule has 0 radical (unpaired) electrons. The third-order valence-electron chi connectivity index (χ3n) is 2.73. The van der Waals surface area contributed by atoms with E-state index in [1.54, 1.807) is 12.1 Å². The van der Waals surface area contributed by atoms with Gasteiger partial charge in [-0.15, -0.1) is 0 Å². The van der Waals surface area contributed by atoms with Crippen LogP contribution in [0.25, 0.3) is 0 Å². The number of halogens is 1. The molecule has 0 atom stereocenters. The molecule has 2 aromatic rings. The summed E-state index contributed by atoms with van der Waals surface area (Å²) in [4.78, 5) is -0.251. The van der Waals surface area contributed by atoms with Gasteiger partial charge in [-0.2, -0.15) is 0 Å². The topological polar surface area (TPSA) is 79.5 Å². The van der Waals surface area contributed by atoms with Crippen molar-refractivity contribution >= 4 is 10.0 Å². The monoisotopic (exact) mass is 299 g/mol. The van der Waals surface area contributed by atoms with Crippen LogP contribution >= 0.6 is 0 Å². The number of hydrogen-bond acceptors (Lipinski definition) is 4. The summed E-state index contributed by atoms with van der Waals surface area (Å²) < 4.78 is 44.7. The van der Waals surface area contributed by atoms with Gasteiger partial charge in [0.05, 0.1) is 17.8 Å².